The molecule has 2 N–H and O–H groups in total. The molecule has 4 nitrogen and oxygen atoms in total. The predicted molar refractivity (Wildman–Crippen MR) is 125 cm³/mol. The maximum Gasteiger partial charge on any atom is 0.190 e. The van der Waals surface area contributed by atoms with Crippen LogP contribution in [0.15, 0.2) is 59.6 Å². The lowest BCUT2D eigenvalue weighted by molar-refractivity contribution is 0.251. The summed E-state index contributed by atoms with van der Waals surface area (Å²) in [5, 5.41) is 6.82. The summed E-state index contributed by atoms with van der Waals surface area (Å²) in [6, 6.07) is 19.4. The summed E-state index contributed by atoms with van der Waals surface area (Å²) in [7, 11) is 1.83. The molecule has 146 valence electrons. The van der Waals surface area contributed by atoms with E-state index in [1.165, 1.54) is 29.7 Å². The predicted octanol–water partition coefficient (Wildman–Crippen LogP) is 3.46. The summed E-state index contributed by atoms with van der Waals surface area (Å²) < 4.78 is 0. The van der Waals surface area contributed by atoms with E-state index in [9.17, 15) is 0 Å². The molecule has 5 heteroatoms. The zero-order valence-electron chi connectivity index (χ0n) is 16.2. The highest BCUT2D eigenvalue weighted by atomic mass is 127. The van der Waals surface area contributed by atoms with E-state index in [-0.39, 0.29) is 24.0 Å². The van der Waals surface area contributed by atoms with E-state index >= 15 is 0 Å². The monoisotopic (exact) mass is 478 g/mol. The second kappa shape index (κ2) is 12.0. The zero-order valence-corrected chi connectivity index (χ0v) is 18.5. The Balaban J connectivity index is 0.00000261. The number of guanidine groups is 1. The quantitative estimate of drug-likeness (QED) is 0.277. The molecule has 2 aromatic rings. The first kappa shape index (κ1) is 21.7. The molecule has 0 bridgehead atoms. The highest BCUT2D eigenvalue weighted by Crippen LogP contribution is 2.18. The normalized spacial score (nSPS) is 14.2. The van der Waals surface area contributed by atoms with Crippen molar-refractivity contribution in [3.05, 3.63) is 71.3 Å². The SMILES string of the molecule is CN=C(NCCCN1CCc2ccccc2C1)NCCc1ccccc1.I. The Kier molecular flexibility index (Phi) is 9.62. The van der Waals surface area contributed by atoms with Crippen LogP contribution in [-0.2, 0) is 19.4 Å². The number of nitrogens with zero attached hydrogens (tertiary/aromatic N) is 2. The Morgan fingerprint density at radius 1 is 0.963 bits per heavy atom. The number of rotatable bonds is 7. The van der Waals surface area contributed by atoms with Gasteiger partial charge in [0.15, 0.2) is 5.96 Å². The van der Waals surface area contributed by atoms with Crippen LogP contribution in [0.1, 0.15) is 23.1 Å². The summed E-state index contributed by atoms with van der Waals surface area (Å²) in [6.07, 6.45) is 3.31. The Labute approximate surface area is 180 Å². The summed E-state index contributed by atoms with van der Waals surface area (Å²) in [5.74, 6) is 0.893. The van der Waals surface area contributed by atoms with Gasteiger partial charge >= 0.3 is 0 Å². The Morgan fingerprint density at radius 3 is 2.44 bits per heavy atom. The van der Waals surface area contributed by atoms with Gasteiger partial charge in [-0.15, -0.1) is 24.0 Å². The van der Waals surface area contributed by atoms with Gasteiger partial charge in [0.05, 0.1) is 0 Å². The molecule has 3 rings (SSSR count). The summed E-state index contributed by atoms with van der Waals surface area (Å²) in [6.45, 7) is 5.22. The topological polar surface area (TPSA) is 39.7 Å². The Morgan fingerprint density at radius 2 is 1.67 bits per heavy atom. The Hall–Kier alpha value is -1.60. The number of hydrogen-bond donors (Lipinski definition) is 2. The van der Waals surface area contributed by atoms with Crippen LogP contribution in [-0.4, -0.2) is 44.1 Å². The van der Waals surface area contributed by atoms with Crippen LogP contribution in [0.5, 0.6) is 0 Å². The third kappa shape index (κ3) is 7.14. The van der Waals surface area contributed by atoms with E-state index in [0.717, 1.165) is 45.0 Å². The van der Waals surface area contributed by atoms with Crippen molar-refractivity contribution >= 4 is 29.9 Å². The number of fused-ring (bicyclic) bond motifs is 1. The molecule has 1 heterocycles. The molecular formula is C22H31IN4. The minimum atomic E-state index is 0. The minimum Gasteiger partial charge on any atom is -0.356 e. The lowest BCUT2D eigenvalue weighted by Crippen LogP contribution is -2.40. The van der Waals surface area contributed by atoms with Crippen molar-refractivity contribution in [2.75, 3.05) is 33.2 Å². The molecule has 2 aromatic carbocycles. The first-order chi connectivity index (χ1) is 12.8. The Bertz CT molecular complexity index is 702. The van der Waals surface area contributed by atoms with Crippen LogP contribution in [0.2, 0.25) is 0 Å². The molecule has 27 heavy (non-hydrogen) atoms. The van der Waals surface area contributed by atoms with Gasteiger partial charge < -0.3 is 10.6 Å². The van der Waals surface area contributed by atoms with Gasteiger partial charge in [0.1, 0.15) is 0 Å². The van der Waals surface area contributed by atoms with Crippen LogP contribution < -0.4 is 10.6 Å². The first-order valence-corrected chi connectivity index (χ1v) is 9.63. The first-order valence-electron chi connectivity index (χ1n) is 9.63. The number of nitrogens with one attached hydrogen (secondary N) is 2. The standard InChI is InChI=1S/C22H30N4.HI/c1-23-22(25-15-12-19-8-3-2-4-9-19)24-14-7-16-26-17-13-20-10-5-6-11-21(20)18-26;/h2-6,8-11H,7,12-18H2,1H3,(H2,23,24,25);1H. The summed E-state index contributed by atoms with van der Waals surface area (Å²) in [4.78, 5) is 6.87. The minimum absolute atomic E-state index is 0. The zero-order chi connectivity index (χ0) is 18.0. The number of hydrogen-bond acceptors (Lipinski definition) is 2. The van der Waals surface area contributed by atoms with Crippen LogP contribution in [0.25, 0.3) is 0 Å². The molecular weight excluding hydrogens is 447 g/mol. The molecule has 1 aliphatic rings. The smallest absolute Gasteiger partial charge is 0.190 e. The highest BCUT2D eigenvalue weighted by Gasteiger charge is 2.14. The van der Waals surface area contributed by atoms with Crippen LogP contribution in [0.3, 0.4) is 0 Å². The molecule has 0 unspecified atom stereocenters. The van der Waals surface area contributed by atoms with Gasteiger partial charge in [-0.1, -0.05) is 54.6 Å². The van der Waals surface area contributed by atoms with Crippen molar-refractivity contribution in [1.29, 1.82) is 0 Å². The fraction of sp³-hybridized carbons (Fsp3) is 0.409. The molecule has 0 spiro atoms. The largest absolute Gasteiger partial charge is 0.356 e. The highest BCUT2D eigenvalue weighted by molar-refractivity contribution is 14.0. The van der Waals surface area contributed by atoms with Gasteiger partial charge in [-0.05, 0) is 36.0 Å². The molecule has 0 amide bonds. The van der Waals surface area contributed by atoms with E-state index in [2.05, 4.69) is 75.1 Å². The van der Waals surface area contributed by atoms with Crippen molar-refractivity contribution in [2.45, 2.75) is 25.8 Å². The average Bonchev–Trinajstić information content (AvgIpc) is 2.70. The van der Waals surface area contributed by atoms with Crippen molar-refractivity contribution in [2.24, 2.45) is 4.99 Å². The fourth-order valence-electron chi connectivity index (χ4n) is 3.45. The molecule has 0 fully saturated rings. The van der Waals surface area contributed by atoms with Gasteiger partial charge in [-0.2, -0.15) is 0 Å². The molecule has 0 atom stereocenters. The van der Waals surface area contributed by atoms with E-state index in [1.54, 1.807) is 0 Å². The average molecular weight is 478 g/mol. The molecule has 0 aliphatic carbocycles. The lowest BCUT2D eigenvalue weighted by Gasteiger charge is -2.28. The van der Waals surface area contributed by atoms with E-state index in [1.807, 2.05) is 7.05 Å². The van der Waals surface area contributed by atoms with Crippen LogP contribution >= 0.6 is 24.0 Å². The maximum atomic E-state index is 4.31. The number of benzene rings is 2. The third-order valence-corrected chi connectivity index (χ3v) is 4.93. The van der Waals surface area contributed by atoms with Crippen molar-refractivity contribution in [3.63, 3.8) is 0 Å². The second-order valence-corrected chi connectivity index (χ2v) is 6.81. The van der Waals surface area contributed by atoms with Gasteiger partial charge in [-0.25, -0.2) is 0 Å². The summed E-state index contributed by atoms with van der Waals surface area (Å²) in [5.41, 5.74) is 4.36. The maximum absolute atomic E-state index is 4.31. The lowest BCUT2D eigenvalue weighted by atomic mass is 10.00. The van der Waals surface area contributed by atoms with Gasteiger partial charge in [-0.3, -0.25) is 9.89 Å². The third-order valence-electron chi connectivity index (χ3n) is 4.93. The van der Waals surface area contributed by atoms with E-state index in [0.29, 0.717) is 0 Å². The van der Waals surface area contributed by atoms with E-state index in [4.69, 9.17) is 0 Å². The van der Waals surface area contributed by atoms with Gasteiger partial charge in [0.25, 0.3) is 0 Å². The van der Waals surface area contributed by atoms with Crippen LogP contribution in [0, 0.1) is 0 Å². The van der Waals surface area contributed by atoms with Crippen molar-refractivity contribution in [1.82, 2.24) is 15.5 Å². The number of aliphatic imine (C=N–C) groups is 1. The summed E-state index contributed by atoms with van der Waals surface area (Å²) >= 11 is 0. The van der Waals surface area contributed by atoms with E-state index < -0.39 is 0 Å². The fourth-order valence-corrected chi connectivity index (χ4v) is 3.45. The molecule has 0 radical (unpaired) electrons. The molecule has 0 saturated heterocycles. The van der Waals surface area contributed by atoms with Crippen molar-refractivity contribution < 1.29 is 0 Å². The van der Waals surface area contributed by atoms with Gasteiger partial charge in [0, 0.05) is 39.8 Å². The van der Waals surface area contributed by atoms with Crippen LogP contribution in [0.4, 0.5) is 0 Å². The molecule has 0 aromatic heterocycles. The van der Waals surface area contributed by atoms with Gasteiger partial charge in [0.2, 0.25) is 0 Å². The molecule has 0 saturated carbocycles. The molecule has 1 aliphatic heterocycles. The van der Waals surface area contributed by atoms with Crippen molar-refractivity contribution in [3.8, 4) is 0 Å². The number of halogens is 1. The second-order valence-electron chi connectivity index (χ2n) is 6.81.